The lowest BCUT2D eigenvalue weighted by atomic mass is 9.89. The van der Waals surface area contributed by atoms with Gasteiger partial charge in [-0.1, -0.05) is 20.8 Å². The van der Waals surface area contributed by atoms with Crippen molar-refractivity contribution in [3.8, 4) is 0 Å². The fourth-order valence-corrected chi connectivity index (χ4v) is 1.58. The van der Waals surface area contributed by atoms with Crippen molar-refractivity contribution in [3.05, 3.63) is 23.7 Å². The maximum absolute atomic E-state index is 11.8. The van der Waals surface area contributed by atoms with Gasteiger partial charge < -0.3 is 4.42 Å². The first-order valence-corrected chi connectivity index (χ1v) is 6.06. The zero-order valence-corrected chi connectivity index (χ0v) is 11.5. The highest BCUT2D eigenvalue weighted by atomic mass is 16.3. The summed E-state index contributed by atoms with van der Waals surface area (Å²) < 4.78 is 5.50. The molecule has 0 aliphatic heterocycles. The van der Waals surface area contributed by atoms with E-state index in [2.05, 4.69) is 4.90 Å². The van der Waals surface area contributed by atoms with E-state index in [9.17, 15) is 4.79 Å². The largest absolute Gasteiger partial charge is 0.465 e. The Bertz CT molecular complexity index is 374. The number of nitrogens with zero attached hydrogens (tertiary/aromatic N) is 1. The Morgan fingerprint density at radius 1 is 1.35 bits per heavy atom. The molecule has 0 saturated heterocycles. The second kappa shape index (κ2) is 5.50. The first kappa shape index (κ1) is 14.0. The van der Waals surface area contributed by atoms with E-state index < -0.39 is 0 Å². The number of aryl methyl sites for hydroxylation is 1. The van der Waals surface area contributed by atoms with Gasteiger partial charge in [-0.05, 0) is 26.1 Å². The lowest BCUT2D eigenvalue weighted by Crippen LogP contribution is -2.26. The summed E-state index contributed by atoms with van der Waals surface area (Å²) in [5.74, 6) is 2.19. The Balaban J connectivity index is 2.36. The smallest absolute Gasteiger partial charge is 0.139 e. The molecule has 1 heterocycles. The van der Waals surface area contributed by atoms with Crippen molar-refractivity contribution < 1.29 is 9.21 Å². The van der Waals surface area contributed by atoms with E-state index >= 15 is 0 Å². The lowest BCUT2D eigenvalue weighted by Gasteiger charge is -2.19. The predicted molar refractivity (Wildman–Crippen MR) is 68.9 cm³/mol. The van der Waals surface area contributed by atoms with Gasteiger partial charge in [-0.2, -0.15) is 0 Å². The van der Waals surface area contributed by atoms with Crippen molar-refractivity contribution in [2.75, 3.05) is 13.6 Å². The van der Waals surface area contributed by atoms with Gasteiger partial charge in [0.15, 0.2) is 0 Å². The van der Waals surface area contributed by atoms with Crippen molar-refractivity contribution in [2.24, 2.45) is 5.41 Å². The van der Waals surface area contributed by atoms with Crippen LogP contribution in [0.5, 0.6) is 0 Å². The van der Waals surface area contributed by atoms with Crippen molar-refractivity contribution in [3.63, 3.8) is 0 Å². The Labute approximate surface area is 104 Å². The summed E-state index contributed by atoms with van der Waals surface area (Å²) in [7, 11) is 2.01. The molecule has 1 rings (SSSR count). The van der Waals surface area contributed by atoms with Crippen LogP contribution in [0.4, 0.5) is 0 Å². The van der Waals surface area contributed by atoms with Crippen LogP contribution in [0, 0.1) is 12.3 Å². The van der Waals surface area contributed by atoms with Crippen LogP contribution < -0.4 is 0 Å². The predicted octanol–water partition coefficient (Wildman–Crippen LogP) is 3.03. The van der Waals surface area contributed by atoms with Crippen LogP contribution >= 0.6 is 0 Å². The minimum atomic E-state index is -0.234. The first-order valence-electron chi connectivity index (χ1n) is 6.06. The van der Waals surface area contributed by atoms with Crippen molar-refractivity contribution >= 4 is 5.78 Å². The van der Waals surface area contributed by atoms with Gasteiger partial charge in [0.1, 0.15) is 17.3 Å². The summed E-state index contributed by atoms with van der Waals surface area (Å²) >= 11 is 0. The number of carbonyl (C=O) groups is 1. The zero-order valence-electron chi connectivity index (χ0n) is 11.5. The molecule has 0 saturated carbocycles. The molecule has 0 aliphatic rings. The van der Waals surface area contributed by atoms with E-state index in [0.717, 1.165) is 24.6 Å². The first-order chi connectivity index (χ1) is 7.79. The van der Waals surface area contributed by atoms with Crippen LogP contribution in [0.15, 0.2) is 16.5 Å². The second-order valence-corrected chi connectivity index (χ2v) is 5.67. The van der Waals surface area contributed by atoms with Gasteiger partial charge in [0.05, 0.1) is 6.54 Å². The number of hydrogen-bond acceptors (Lipinski definition) is 3. The number of furan rings is 1. The number of rotatable bonds is 5. The molecule has 0 bridgehead atoms. The lowest BCUT2D eigenvalue weighted by molar-refractivity contribution is -0.126. The van der Waals surface area contributed by atoms with Gasteiger partial charge in [-0.25, -0.2) is 0 Å². The second-order valence-electron chi connectivity index (χ2n) is 5.67. The average Bonchev–Trinajstić information content (AvgIpc) is 2.58. The summed E-state index contributed by atoms with van der Waals surface area (Å²) in [4.78, 5) is 13.9. The Morgan fingerprint density at radius 3 is 2.47 bits per heavy atom. The molecule has 1 aromatic heterocycles. The molecule has 17 heavy (non-hydrogen) atoms. The van der Waals surface area contributed by atoms with Gasteiger partial charge >= 0.3 is 0 Å². The van der Waals surface area contributed by atoms with Crippen molar-refractivity contribution in [1.29, 1.82) is 0 Å². The summed E-state index contributed by atoms with van der Waals surface area (Å²) in [5, 5.41) is 0. The van der Waals surface area contributed by atoms with E-state index in [4.69, 9.17) is 4.42 Å². The maximum atomic E-state index is 11.8. The van der Waals surface area contributed by atoms with Gasteiger partial charge in [0.2, 0.25) is 0 Å². The molecule has 0 N–H and O–H groups in total. The SMILES string of the molecule is Cc1ccc(CN(C)CCC(=O)C(C)(C)C)o1. The number of ketones is 1. The number of hydrogen-bond donors (Lipinski definition) is 0. The highest BCUT2D eigenvalue weighted by Crippen LogP contribution is 2.17. The molecule has 0 amide bonds. The number of carbonyl (C=O) groups excluding carboxylic acids is 1. The Morgan fingerprint density at radius 2 is 2.00 bits per heavy atom. The van der Waals surface area contributed by atoms with Crippen molar-refractivity contribution in [2.45, 2.75) is 40.7 Å². The molecule has 0 atom stereocenters. The van der Waals surface area contributed by atoms with Gasteiger partial charge in [0.25, 0.3) is 0 Å². The molecule has 0 aromatic carbocycles. The molecular weight excluding hydrogens is 214 g/mol. The van der Waals surface area contributed by atoms with Crippen LogP contribution in [-0.4, -0.2) is 24.3 Å². The van der Waals surface area contributed by atoms with Crippen molar-refractivity contribution in [1.82, 2.24) is 4.90 Å². The fraction of sp³-hybridized carbons (Fsp3) is 0.643. The molecule has 3 nitrogen and oxygen atoms in total. The molecule has 3 heteroatoms. The highest BCUT2D eigenvalue weighted by Gasteiger charge is 2.20. The van der Waals surface area contributed by atoms with E-state index in [1.165, 1.54) is 0 Å². The summed E-state index contributed by atoms with van der Waals surface area (Å²) in [6.07, 6.45) is 0.597. The molecule has 1 aromatic rings. The minimum absolute atomic E-state index is 0.234. The van der Waals surface area contributed by atoms with E-state index in [1.807, 2.05) is 46.9 Å². The fourth-order valence-electron chi connectivity index (χ4n) is 1.58. The zero-order chi connectivity index (χ0) is 13.1. The standard InChI is InChI=1S/C14H23NO2/c1-11-6-7-12(17-11)10-15(5)9-8-13(16)14(2,3)4/h6-7H,8-10H2,1-5H3. The van der Waals surface area contributed by atoms with Gasteiger partial charge in [-0.15, -0.1) is 0 Å². The van der Waals surface area contributed by atoms with Gasteiger partial charge in [0, 0.05) is 18.4 Å². The third-order valence-electron chi connectivity index (χ3n) is 2.78. The average molecular weight is 237 g/mol. The molecule has 0 unspecified atom stereocenters. The highest BCUT2D eigenvalue weighted by molar-refractivity contribution is 5.83. The van der Waals surface area contributed by atoms with Gasteiger partial charge in [-0.3, -0.25) is 9.69 Å². The molecule has 96 valence electrons. The third-order valence-corrected chi connectivity index (χ3v) is 2.78. The summed E-state index contributed by atoms with van der Waals surface area (Å²) in [6, 6.07) is 3.95. The summed E-state index contributed by atoms with van der Waals surface area (Å²) in [6.45, 7) is 9.36. The van der Waals surface area contributed by atoms with Crippen LogP contribution in [0.1, 0.15) is 38.7 Å². The quantitative estimate of drug-likeness (QED) is 0.789. The van der Waals surface area contributed by atoms with Crippen LogP contribution in [0.25, 0.3) is 0 Å². The van der Waals surface area contributed by atoms with Crippen LogP contribution in [0.3, 0.4) is 0 Å². The third kappa shape index (κ3) is 4.73. The molecule has 0 aliphatic carbocycles. The minimum Gasteiger partial charge on any atom is -0.465 e. The Hall–Kier alpha value is -1.09. The Kier molecular flexibility index (Phi) is 4.52. The number of Topliss-reactive ketones (excluding diaryl/α,β-unsaturated/α-hetero) is 1. The normalized spacial score (nSPS) is 12.1. The van der Waals surface area contributed by atoms with E-state index in [1.54, 1.807) is 0 Å². The van der Waals surface area contributed by atoms with E-state index in [0.29, 0.717) is 12.2 Å². The molecule has 0 spiro atoms. The monoisotopic (exact) mass is 237 g/mol. The molecule has 0 fully saturated rings. The van der Waals surface area contributed by atoms with E-state index in [-0.39, 0.29) is 5.41 Å². The molecule has 0 radical (unpaired) electrons. The molecular formula is C14H23NO2. The van der Waals surface area contributed by atoms with Crippen LogP contribution in [0.2, 0.25) is 0 Å². The topological polar surface area (TPSA) is 33.5 Å². The maximum Gasteiger partial charge on any atom is 0.139 e. The van der Waals surface area contributed by atoms with Crippen LogP contribution in [-0.2, 0) is 11.3 Å². The summed E-state index contributed by atoms with van der Waals surface area (Å²) in [5.41, 5.74) is -0.234.